The largest absolute Gasteiger partial charge is 0.339 e. The number of rotatable bonds is 2. The van der Waals surface area contributed by atoms with Crippen LogP contribution in [-0.2, 0) is 0 Å². The van der Waals surface area contributed by atoms with Crippen molar-refractivity contribution in [3.63, 3.8) is 0 Å². The molecule has 1 N–H and O–H groups in total. The summed E-state index contributed by atoms with van der Waals surface area (Å²) >= 11 is 7.45. The zero-order valence-corrected chi connectivity index (χ0v) is 12.1. The number of hydrogen-bond acceptors (Lipinski definition) is 5. The molecule has 0 fully saturated rings. The van der Waals surface area contributed by atoms with Gasteiger partial charge in [-0.25, -0.2) is 4.98 Å². The molecule has 2 heterocycles. The first-order valence-electron chi connectivity index (χ1n) is 5.86. The van der Waals surface area contributed by atoms with Crippen LogP contribution in [0.1, 0.15) is 11.1 Å². The average Bonchev–Trinajstić information content (AvgIpc) is 2.89. The number of fused-ring (bicyclic) bond motifs is 1. The predicted octanol–water partition coefficient (Wildman–Crippen LogP) is 4.27. The van der Waals surface area contributed by atoms with E-state index in [0.717, 1.165) is 21.5 Å². The number of aryl methyl sites for hydroxylation is 1. The molecule has 0 atom stereocenters. The van der Waals surface area contributed by atoms with Gasteiger partial charge >= 0.3 is 0 Å². The van der Waals surface area contributed by atoms with Gasteiger partial charge in [-0.15, -0.1) is 11.3 Å². The highest BCUT2D eigenvalue weighted by Gasteiger charge is 2.09. The first-order chi connectivity index (χ1) is 9.67. The maximum Gasteiger partial charge on any atom is 0.225 e. The van der Waals surface area contributed by atoms with Gasteiger partial charge in [0.25, 0.3) is 0 Å². The van der Waals surface area contributed by atoms with Crippen LogP contribution in [0.4, 0.5) is 11.5 Å². The fourth-order valence-electron chi connectivity index (χ4n) is 1.88. The van der Waals surface area contributed by atoms with Crippen LogP contribution in [0.15, 0.2) is 29.6 Å². The van der Waals surface area contributed by atoms with Crippen molar-refractivity contribution >= 4 is 44.7 Å². The van der Waals surface area contributed by atoms with Crippen LogP contribution in [0.5, 0.6) is 0 Å². The first kappa shape index (κ1) is 12.9. The molecule has 4 nitrogen and oxygen atoms in total. The maximum atomic E-state index is 8.98. The van der Waals surface area contributed by atoms with E-state index in [0.29, 0.717) is 11.4 Å². The van der Waals surface area contributed by atoms with Gasteiger partial charge in [0, 0.05) is 5.69 Å². The SMILES string of the molecule is Cc1ccc(C#N)cc1Nc1nc(Cl)nc2sccc12. The summed E-state index contributed by atoms with van der Waals surface area (Å²) in [4.78, 5) is 9.24. The Kier molecular flexibility index (Phi) is 3.26. The van der Waals surface area contributed by atoms with Gasteiger partial charge in [0.2, 0.25) is 5.28 Å². The highest BCUT2D eigenvalue weighted by molar-refractivity contribution is 7.16. The van der Waals surface area contributed by atoms with E-state index in [9.17, 15) is 0 Å². The molecule has 2 aromatic heterocycles. The Bertz CT molecular complexity index is 835. The second-order valence-corrected chi connectivity index (χ2v) is 5.48. The number of nitrogens with zero attached hydrogens (tertiary/aromatic N) is 3. The number of nitrogens with one attached hydrogen (secondary N) is 1. The van der Waals surface area contributed by atoms with Crippen LogP contribution < -0.4 is 5.32 Å². The maximum absolute atomic E-state index is 8.98. The molecule has 0 unspecified atom stereocenters. The molecule has 3 rings (SSSR count). The van der Waals surface area contributed by atoms with Crippen LogP contribution >= 0.6 is 22.9 Å². The minimum atomic E-state index is 0.205. The van der Waals surface area contributed by atoms with Crippen LogP contribution in [0, 0.1) is 18.3 Å². The van der Waals surface area contributed by atoms with Crippen molar-refractivity contribution < 1.29 is 0 Å². The van der Waals surface area contributed by atoms with E-state index in [4.69, 9.17) is 16.9 Å². The number of nitriles is 1. The second kappa shape index (κ2) is 5.08. The molecule has 98 valence electrons. The summed E-state index contributed by atoms with van der Waals surface area (Å²) in [5.41, 5.74) is 2.47. The summed E-state index contributed by atoms with van der Waals surface area (Å²) < 4.78 is 0. The molecule has 3 aromatic rings. The lowest BCUT2D eigenvalue weighted by Crippen LogP contribution is -1.98. The quantitative estimate of drug-likeness (QED) is 0.718. The number of benzene rings is 1. The first-order valence-corrected chi connectivity index (χ1v) is 7.11. The standard InChI is InChI=1S/C14H9ClN4S/c1-8-2-3-9(7-16)6-11(8)17-12-10-4-5-20-13(10)19-14(15)18-12/h2-6H,1H3,(H,17,18,19). The van der Waals surface area contributed by atoms with E-state index in [2.05, 4.69) is 21.4 Å². The molecule has 1 aromatic carbocycles. The molecular weight excluding hydrogens is 292 g/mol. The topological polar surface area (TPSA) is 61.6 Å². The van der Waals surface area contributed by atoms with Crippen LogP contribution in [0.3, 0.4) is 0 Å². The van der Waals surface area contributed by atoms with Gasteiger partial charge in [-0.2, -0.15) is 10.2 Å². The lowest BCUT2D eigenvalue weighted by molar-refractivity contribution is 1.22. The van der Waals surface area contributed by atoms with Gasteiger partial charge in [0.1, 0.15) is 10.6 Å². The molecule has 6 heteroatoms. The van der Waals surface area contributed by atoms with Crippen molar-refractivity contribution in [3.05, 3.63) is 46.1 Å². The molecule has 0 spiro atoms. The van der Waals surface area contributed by atoms with Crippen molar-refractivity contribution in [2.45, 2.75) is 6.92 Å². The monoisotopic (exact) mass is 300 g/mol. The van der Waals surface area contributed by atoms with Crippen LogP contribution in [-0.4, -0.2) is 9.97 Å². The van der Waals surface area contributed by atoms with Gasteiger partial charge in [0.15, 0.2) is 0 Å². The second-order valence-electron chi connectivity index (χ2n) is 4.25. The molecule has 0 aliphatic rings. The molecule has 0 aliphatic heterocycles. The molecule has 0 saturated heterocycles. The Morgan fingerprint density at radius 3 is 2.95 bits per heavy atom. The highest BCUT2D eigenvalue weighted by atomic mass is 35.5. The molecule has 0 bridgehead atoms. The van der Waals surface area contributed by atoms with Crippen molar-refractivity contribution in [1.29, 1.82) is 5.26 Å². The smallest absolute Gasteiger partial charge is 0.225 e. The number of thiophene rings is 1. The summed E-state index contributed by atoms with van der Waals surface area (Å²) in [7, 11) is 0. The zero-order chi connectivity index (χ0) is 14.1. The third-order valence-electron chi connectivity index (χ3n) is 2.92. The van der Waals surface area contributed by atoms with Gasteiger partial charge < -0.3 is 5.32 Å². The van der Waals surface area contributed by atoms with E-state index in [-0.39, 0.29) is 5.28 Å². The Labute approximate surface area is 124 Å². The third kappa shape index (κ3) is 2.31. The zero-order valence-electron chi connectivity index (χ0n) is 10.5. The van der Waals surface area contributed by atoms with E-state index in [1.807, 2.05) is 24.4 Å². The Balaban J connectivity index is 2.09. The minimum Gasteiger partial charge on any atom is -0.339 e. The fraction of sp³-hybridized carbons (Fsp3) is 0.0714. The van der Waals surface area contributed by atoms with Crippen molar-refractivity contribution in [2.75, 3.05) is 5.32 Å². The Morgan fingerprint density at radius 2 is 2.15 bits per heavy atom. The van der Waals surface area contributed by atoms with E-state index in [1.165, 1.54) is 11.3 Å². The third-order valence-corrected chi connectivity index (χ3v) is 3.89. The van der Waals surface area contributed by atoms with Crippen molar-refractivity contribution in [3.8, 4) is 6.07 Å². The number of aromatic nitrogens is 2. The predicted molar refractivity (Wildman–Crippen MR) is 81.6 cm³/mol. The van der Waals surface area contributed by atoms with E-state index in [1.54, 1.807) is 12.1 Å². The van der Waals surface area contributed by atoms with Gasteiger partial charge in [-0.1, -0.05) is 6.07 Å². The normalized spacial score (nSPS) is 10.4. The summed E-state index contributed by atoms with van der Waals surface area (Å²) in [6.07, 6.45) is 0. The van der Waals surface area contributed by atoms with E-state index < -0.39 is 0 Å². The van der Waals surface area contributed by atoms with Gasteiger partial charge in [-0.05, 0) is 47.7 Å². The Hall–Kier alpha value is -2.16. The van der Waals surface area contributed by atoms with Crippen LogP contribution in [0.25, 0.3) is 10.2 Å². The summed E-state index contributed by atoms with van der Waals surface area (Å²) in [5, 5.41) is 15.3. The number of anilines is 2. The number of halogens is 1. The highest BCUT2D eigenvalue weighted by Crippen LogP contribution is 2.29. The number of hydrogen-bond donors (Lipinski definition) is 1. The summed E-state index contributed by atoms with van der Waals surface area (Å²) in [5.74, 6) is 0.652. The summed E-state index contributed by atoms with van der Waals surface area (Å²) in [6.45, 7) is 1.97. The van der Waals surface area contributed by atoms with Gasteiger partial charge in [-0.3, -0.25) is 0 Å². The molecule has 0 amide bonds. The molecule has 0 saturated carbocycles. The van der Waals surface area contributed by atoms with Crippen LogP contribution in [0.2, 0.25) is 5.28 Å². The van der Waals surface area contributed by atoms with Crippen molar-refractivity contribution in [1.82, 2.24) is 9.97 Å². The lowest BCUT2D eigenvalue weighted by Gasteiger charge is -2.10. The molecule has 0 radical (unpaired) electrons. The molecular formula is C14H9ClN4S. The average molecular weight is 301 g/mol. The molecule has 0 aliphatic carbocycles. The fourth-order valence-corrected chi connectivity index (χ4v) is 2.86. The minimum absolute atomic E-state index is 0.205. The lowest BCUT2D eigenvalue weighted by atomic mass is 10.1. The van der Waals surface area contributed by atoms with Gasteiger partial charge in [0.05, 0.1) is 17.0 Å². The van der Waals surface area contributed by atoms with E-state index >= 15 is 0 Å². The Morgan fingerprint density at radius 1 is 1.30 bits per heavy atom. The summed E-state index contributed by atoms with van der Waals surface area (Å²) in [6, 6.07) is 9.55. The molecule has 20 heavy (non-hydrogen) atoms. The van der Waals surface area contributed by atoms with Crippen molar-refractivity contribution in [2.24, 2.45) is 0 Å².